The maximum Gasteiger partial charge on any atom is 0.264 e. The van der Waals surface area contributed by atoms with Crippen LogP contribution in [0.25, 0.3) is 0 Å². The van der Waals surface area contributed by atoms with Gasteiger partial charge < -0.3 is 10.2 Å². The summed E-state index contributed by atoms with van der Waals surface area (Å²) in [6, 6.07) is 18.1. The molecule has 41 heavy (non-hydrogen) atoms. The van der Waals surface area contributed by atoms with Crippen molar-refractivity contribution in [2.75, 3.05) is 10.8 Å². The van der Waals surface area contributed by atoms with Crippen molar-refractivity contribution in [2.24, 2.45) is 0 Å². The van der Waals surface area contributed by atoms with Crippen LogP contribution < -0.4 is 9.62 Å². The average molecular weight is 637 g/mol. The Kier molecular flexibility index (Phi) is 10.6. The number of benzene rings is 3. The van der Waals surface area contributed by atoms with E-state index in [1.807, 2.05) is 0 Å². The Morgan fingerprint density at radius 3 is 2.17 bits per heavy atom. The predicted molar refractivity (Wildman–Crippen MR) is 164 cm³/mol. The fourth-order valence-electron chi connectivity index (χ4n) is 4.84. The molecule has 4 rings (SSSR count). The van der Waals surface area contributed by atoms with E-state index in [0.717, 1.165) is 36.4 Å². The molecule has 218 valence electrons. The molecule has 1 saturated carbocycles. The Balaban J connectivity index is 1.68. The maximum atomic E-state index is 14.0. The van der Waals surface area contributed by atoms with Crippen molar-refractivity contribution in [1.29, 1.82) is 0 Å². The number of halogens is 3. The van der Waals surface area contributed by atoms with Crippen LogP contribution in [0, 0.1) is 0 Å². The van der Waals surface area contributed by atoms with Crippen molar-refractivity contribution in [1.82, 2.24) is 10.2 Å². The summed E-state index contributed by atoms with van der Waals surface area (Å²) in [7, 11) is -4.15. The number of amides is 2. The molecule has 0 heterocycles. The molecule has 0 radical (unpaired) electrons. The van der Waals surface area contributed by atoms with Crippen molar-refractivity contribution in [3.05, 3.63) is 93.4 Å². The molecule has 7 nitrogen and oxygen atoms in total. The second kappa shape index (κ2) is 13.9. The van der Waals surface area contributed by atoms with Crippen LogP contribution in [-0.4, -0.2) is 43.8 Å². The molecule has 0 bridgehead atoms. The van der Waals surface area contributed by atoms with Crippen molar-refractivity contribution in [3.63, 3.8) is 0 Å². The zero-order valence-corrected chi connectivity index (χ0v) is 25.7. The smallest absolute Gasteiger partial charge is 0.264 e. The van der Waals surface area contributed by atoms with Crippen molar-refractivity contribution >= 4 is 62.3 Å². The molecular formula is C30H32Cl3N3O4S. The van der Waals surface area contributed by atoms with Gasteiger partial charge in [-0.3, -0.25) is 13.9 Å². The van der Waals surface area contributed by atoms with Gasteiger partial charge in [-0.25, -0.2) is 8.42 Å². The van der Waals surface area contributed by atoms with E-state index in [1.165, 1.54) is 29.2 Å². The van der Waals surface area contributed by atoms with Crippen LogP contribution in [0.2, 0.25) is 15.1 Å². The maximum absolute atomic E-state index is 14.0. The highest BCUT2D eigenvalue weighted by molar-refractivity contribution is 7.92. The standard InChI is InChI=1S/C30H32Cl3N3O4S/c1-21(30(38)34-25-8-4-2-5-9-25)35(19-22-12-13-24(32)18-28(22)33)29(37)20-36(26-16-14-23(31)15-17-26)41(39,40)27-10-6-3-7-11-27/h3,6-7,10-18,21,25H,2,4-5,8-9,19-20H2,1H3,(H,34,38)/t21-/m0/s1. The van der Waals surface area contributed by atoms with E-state index in [1.54, 1.807) is 55.5 Å². The third-order valence-corrected chi connectivity index (χ3v) is 9.83. The molecule has 1 aliphatic carbocycles. The van der Waals surface area contributed by atoms with Gasteiger partial charge in [0.1, 0.15) is 12.6 Å². The van der Waals surface area contributed by atoms with Crippen molar-refractivity contribution < 1.29 is 18.0 Å². The molecule has 0 aliphatic heterocycles. The van der Waals surface area contributed by atoms with Gasteiger partial charge in [-0.05, 0) is 73.9 Å². The number of anilines is 1. The number of hydrogen-bond donors (Lipinski definition) is 1. The molecule has 3 aromatic rings. The second-order valence-corrected chi connectivity index (χ2v) is 13.2. The first-order chi connectivity index (χ1) is 19.6. The van der Waals surface area contributed by atoms with Crippen LogP contribution in [0.3, 0.4) is 0 Å². The van der Waals surface area contributed by atoms with Gasteiger partial charge in [-0.1, -0.05) is 78.3 Å². The number of nitrogens with one attached hydrogen (secondary N) is 1. The number of nitrogens with zero attached hydrogens (tertiary/aromatic N) is 2. The highest BCUT2D eigenvalue weighted by atomic mass is 35.5. The Hall–Kier alpha value is -2.78. The first kappa shape index (κ1) is 31.2. The molecule has 3 aromatic carbocycles. The van der Waals surface area contributed by atoms with Gasteiger partial charge in [0.15, 0.2) is 0 Å². The van der Waals surface area contributed by atoms with E-state index >= 15 is 0 Å². The summed E-state index contributed by atoms with van der Waals surface area (Å²) < 4.78 is 28.6. The Labute approximate surface area is 256 Å². The van der Waals surface area contributed by atoms with E-state index in [0.29, 0.717) is 20.6 Å². The van der Waals surface area contributed by atoms with Crippen molar-refractivity contribution in [3.8, 4) is 0 Å². The topological polar surface area (TPSA) is 86.8 Å². The molecule has 0 saturated heterocycles. The van der Waals surface area contributed by atoms with Crippen LogP contribution in [0.4, 0.5) is 5.69 Å². The first-order valence-corrected chi connectivity index (χ1v) is 16.0. The van der Waals surface area contributed by atoms with Gasteiger partial charge >= 0.3 is 0 Å². The number of rotatable bonds is 10. The summed E-state index contributed by atoms with van der Waals surface area (Å²) in [6.45, 7) is 1.07. The van der Waals surface area contributed by atoms with E-state index in [9.17, 15) is 18.0 Å². The summed E-state index contributed by atoms with van der Waals surface area (Å²) in [6.07, 6.45) is 4.98. The minimum absolute atomic E-state index is 0.0199. The molecule has 1 atom stereocenters. The summed E-state index contributed by atoms with van der Waals surface area (Å²) in [5.41, 5.74) is 0.834. The van der Waals surface area contributed by atoms with Crippen molar-refractivity contribution in [2.45, 2.75) is 62.6 Å². The van der Waals surface area contributed by atoms with Gasteiger partial charge in [-0.15, -0.1) is 0 Å². The zero-order chi connectivity index (χ0) is 29.6. The lowest BCUT2D eigenvalue weighted by molar-refractivity contribution is -0.139. The average Bonchev–Trinajstić information content (AvgIpc) is 2.96. The van der Waals surface area contributed by atoms with Gasteiger partial charge in [0.05, 0.1) is 10.6 Å². The van der Waals surface area contributed by atoms with Crippen LogP contribution >= 0.6 is 34.8 Å². The third kappa shape index (κ3) is 7.95. The zero-order valence-electron chi connectivity index (χ0n) is 22.6. The summed E-state index contributed by atoms with van der Waals surface area (Å²) in [4.78, 5) is 28.8. The lowest BCUT2D eigenvalue weighted by atomic mass is 9.95. The van der Waals surface area contributed by atoms with Crippen LogP contribution in [0.5, 0.6) is 0 Å². The summed E-state index contributed by atoms with van der Waals surface area (Å²) in [5.74, 6) is -0.879. The number of carbonyl (C=O) groups excluding carboxylic acids is 2. The van der Waals surface area contributed by atoms with E-state index in [-0.39, 0.29) is 29.1 Å². The van der Waals surface area contributed by atoms with E-state index in [2.05, 4.69) is 5.32 Å². The number of hydrogen-bond acceptors (Lipinski definition) is 4. The monoisotopic (exact) mass is 635 g/mol. The summed E-state index contributed by atoms with van der Waals surface area (Å²) >= 11 is 18.6. The highest BCUT2D eigenvalue weighted by Crippen LogP contribution is 2.27. The molecule has 1 N–H and O–H groups in total. The lowest BCUT2D eigenvalue weighted by Gasteiger charge is -2.33. The molecule has 1 aliphatic rings. The third-order valence-electron chi connectivity index (χ3n) is 7.20. The highest BCUT2D eigenvalue weighted by Gasteiger charge is 2.33. The van der Waals surface area contributed by atoms with E-state index < -0.39 is 28.5 Å². The molecular weight excluding hydrogens is 605 g/mol. The molecule has 11 heteroatoms. The number of carbonyl (C=O) groups is 2. The van der Waals surface area contributed by atoms with Gasteiger partial charge in [0, 0.05) is 27.7 Å². The van der Waals surface area contributed by atoms with Crippen LogP contribution in [0.15, 0.2) is 77.7 Å². The van der Waals surface area contributed by atoms with Gasteiger partial charge in [0.25, 0.3) is 10.0 Å². The predicted octanol–water partition coefficient (Wildman–Crippen LogP) is 6.71. The molecule has 0 unspecified atom stereocenters. The first-order valence-electron chi connectivity index (χ1n) is 13.4. The molecule has 0 spiro atoms. The quantitative estimate of drug-likeness (QED) is 0.268. The van der Waals surface area contributed by atoms with E-state index in [4.69, 9.17) is 34.8 Å². The molecule has 1 fully saturated rings. The Morgan fingerprint density at radius 2 is 1.54 bits per heavy atom. The molecule has 0 aromatic heterocycles. The number of sulfonamides is 1. The lowest BCUT2D eigenvalue weighted by Crippen LogP contribution is -2.53. The molecule has 2 amide bonds. The second-order valence-electron chi connectivity index (χ2n) is 10.1. The van der Waals surface area contributed by atoms with Gasteiger partial charge in [0.2, 0.25) is 11.8 Å². The SMILES string of the molecule is C[C@@H](C(=O)NC1CCCCC1)N(Cc1ccc(Cl)cc1Cl)C(=O)CN(c1ccc(Cl)cc1)S(=O)(=O)c1ccccc1. The Morgan fingerprint density at radius 1 is 0.902 bits per heavy atom. The van der Waals surface area contributed by atoms with Crippen LogP contribution in [-0.2, 0) is 26.2 Å². The largest absolute Gasteiger partial charge is 0.352 e. The minimum Gasteiger partial charge on any atom is -0.352 e. The fraction of sp³-hybridized carbons (Fsp3) is 0.333. The Bertz CT molecular complexity index is 1460. The fourth-order valence-corrected chi connectivity index (χ4v) is 6.87. The van der Waals surface area contributed by atoms with Crippen LogP contribution in [0.1, 0.15) is 44.6 Å². The normalized spacial score (nSPS) is 14.7. The van der Waals surface area contributed by atoms with Gasteiger partial charge in [-0.2, -0.15) is 0 Å². The minimum atomic E-state index is -4.15. The summed E-state index contributed by atoms with van der Waals surface area (Å²) in [5, 5.41) is 4.27.